The van der Waals surface area contributed by atoms with Crippen LogP contribution in [-0.4, -0.2) is 22.2 Å². The van der Waals surface area contributed by atoms with Gasteiger partial charge in [-0.05, 0) is 62.5 Å². The predicted octanol–water partition coefficient (Wildman–Crippen LogP) is 3.41. The van der Waals surface area contributed by atoms with Crippen molar-refractivity contribution in [2.75, 3.05) is 5.75 Å². The molecule has 0 aromatic heterocycles. The lowest BCUT2D eigenvalue weighted by molar-refractivity contribution is 0.170. The molecule has 1 saturated heterocycles. The summed E-state index contributed by atoms with van der Waals surface area (Å²) >= 11 is 1.93. The summed E-state index contributed by atoms with van der Waals surface area (Å²) in [6, 6.07) is 4.44. The largest absolute Gasteiger partial charge is 0.392 e. The van der Waals surface area contributed by atoms with E-state index >= 15 is 0 Å². The molecule has 17 heavy (non-hydrogen) atoms. The zero-order valence-electron chi connectivity index (χ0n) is 11.0. The highest BCUT2D eigenvalue weighted by atomic mass is 32.2. The number of benzene rings is 1. The average Bonchev–Trinajstić information content (AvgIpc) is 2.76. The van der Waals surface area contributed by atoms with Gasteiger partial charge in [0.05, 0.1) is 6.10 Å². The van der Waals surface area contributed by atoms with Crippen molar-refractivity contribution >= 4 is 11.8 Å². The monoisotopic (exact) mass is 250 g/mol. The molecule has 1 aliphatic heterocycles. The van der Waals surface area contributed by atoms with Crippen LogP contribution in [0.1, 0.15) is 35.1 Å². The Balaban J connectivity index is 2.12. The van der Waals surface area contributed by atoms with E-state index in [1.165, 1.54) is 40.8 Å². The molecule has 0 bridgehead atoms. The van der Waals surface area contributed by atoms with Gasteiger partial charge in [-0.1, -0.05) is 17.7 Å². The van der Waals surface area contributed by atoms with Crippen molar-refractivity contribution < 1.29 is 5.11 Å². The molecule has 1 aromatic carbocycles. The number of rotatable bonds is 3. The van der Waals surface area contributed by atoms with Crippen molar-refractivity contribution in [2.45, 2.75) is 51.4 Å². The first-order chi connectivity index (χ1) is 8.08. The lowest BCUT2D eigenvalue weighted by Crippen LogP contribution is -2.24. The third-order valence-corrected chi connectivity index (χ3v) is 5.15. The second-order valence-corrected chi connectivity index (χ2v) is 6.55. The van der Waals surface area contributed by atoms with Gasteiger partial charge in [0.15, 0.2) is 0 Å². The zero-order chi connectivity index (χ0) is 12.4. The Labute approximate surface area is 109 Å². The maximum absolute atomic E-state index is 10.3. The highest BCUT2D eigenvalue weighted by molar-refractivity contribution is 8.00. The summed E-state index contributed by atoms with van der Waals surface area (Å²) in [5.74, 6) is 1.22. The van der Waals surface area contributed by atoms with E-state index in [1.807, 2.05) is 11.8 Å². The second-order valence-electron chi connectivity index (χ2n) is 5.20. The van der Waals surface area contributed by atoms with Crippen LogP contribution in [0.3, 0.4) is 0 Å². The van der Waals surface area contributed by atoms with Crippen molar-refractivity contribution in [2.24, 2.45) is 0 Å². The summed E-state index contributed by atoms with van der Waals surface area (Å²) in [5, 5.41) is 10.8. The van der Waals surface area contributed by atoms with Crippen molar-refractivity contribution in [1.29, 1.82) is 0 Å². The Kier molecular flexibility index (Phi) is 4.16. The minimum absolute atomic E-state index is 0.178. The molecular weight excluding hydrogens is 228 g/mol. The Bertz CT molecular complexity index is 371. The highest BCUT2D eigenvalue weighted by Crippen LogP contribution is 2.31. The first-order valence-corrected chi connectivity index (χ1v) is 7.49. The van der Waals surface area contributed by atoms with E-state index < -0.39 is 0 Å². The minimum Gasteiger partial charge on any atom is -0.392 e. The summed E-state index contributed by atoms with van der Waals surface area (Å²) in [7, 11) is 0. The number of aryl methyl sites for hydroxylation is 3. The van der Waals surface area contributed by atoms with E-state index in [1.54, 1.807) is 0 Å². The van der Waals surface area contributed by atoms with Crippen LogP contribution in [0.2, 0.25) is 0 Å². The molecule has 1 fully saturated rings. The van der Waals surface area contributed by atoms with Gasteiger partial charge in [-0.2, -0.15) is 11.8 Å². The van der Waals surface area contributed by atoms with Crippen LogP contribution in [0.25, 0.3) is 0 Å². The quantitative estimate of drug-likeness (QED) is 0.887. The molecule has 1 N–H and O–H groups in total. The Hall–Kier alpha value is -0.470. The molecule has 1 aromatic rings. The third-order valence-electron chi connectivity index (χ3n) is 3.65. The summed E-state index contributed by atoms with van der Waals surface area (Å²) in [4.78, 5) is 0. The summed E-state index contributed by atoms with van der Waals surface area (Å²) in [5.41, 5.74) is 5.30. The number of aliphatic hydroxyl groups is 1. The molecular formula is C15H22OS. The second kappa shape index (κ2) is 5.45. The highest BCUT2D eigenvalue weighted by Gasteiger charge is 2.24. The van der Waals surface area contributed by atoms with Crippen LogP contribution in [0.4, 0.5) is 0 Å². The van der Waals surface area contributed by atoms with Crippen LogP contribution in [-0.2, 0) is 6.42 Å². The van der Waals surface area contributed by atoms with Gasteiger partial charge < -0.3 is 5.11 Å². The van der Waals surface area contributed by atoms with E-state index in [9.17, 15) is 5.11 Å². The first kappa shape index (κ1) is 13.0. The Morgan fingerprint density at radius 1 is 1.29 bits per heavy atom. The molecule has 2 unspecified atom stereocenters. The first-order valence-electron chi connectivity index (χ1n) is 6.44. The maximum Gasteiger partial charge on any atom is 0.0699 e. The van der Waals surface area contributed by atoms with Gasteiger partial charge >= 0.3 is 0 Å². The molecule has 94 valence electrons. The van der Waals surface area contributed by atoms with Gasteiger partial charge in [0, 0.05) is 5.25 Å². The third kappa shape index (κ3) is 3.05. The fourth-order valence-corrected chi connectivity index (χ4v) is 4.07. The van der Waals surface area contributed by atoms with Gasteiger partial charge in [0.25, 0.3) is 0 Å². The number of aliphatic hydroxyl groups excluding tert-OH is 1. The zero-order valence-corrected chi connectivity index (χ0v) is 11.8. The predicted molar refractivity (Wildman–Crippen MR) is 75.8 cm³/mol. The van der Waals surface area contributed by atoms with E-state index in [0.29, 0.717) is 5.25 Å². The number of thioether (sulfide) groups is 1. The van der Waals surface area contributed by atoms with Gasteiger partial charge in [-0.25, -0.2) is 0 Å². The van der Waals surface area contributed by atoms with Crippen molar-refractivity contribution in [3.63, 3.8) is 0 Å². The van der Waals surface area contributed by atoms with E-state index in [4.69, 9.17) is 0 Å². The molecule has 2 atom stereocenters. The van der Waals surface area contributed by atoms with Crippen LogP contribution < -0.4 is 0 Å². The van der Waals surface area contributed by atoms with Crippen molar-refractivity contribution in [1.82, 2.24) is 0 Å². The van der Waals surface area contributed by atoms with E-state index in [0.717, 1.165) is 6.42 Å². The smallest absolute Gasteiger partial charge is 0.0699 e. The van der Waals surface area contributed by atoms with Crippen LogP contribution in [0.5, 0.6) is 0 Å². The lowest BCUT2D eigenvalue weighted by Gasteiger charge is -2.20. The number of hydrogen-bond donors (Lipinski definition) is 1. The molecule has 0 radical (unpaired) electrons. The summed E-state index contributed by atoms with van der Waals surface area (Å²) in [6.45, 7) is 6.45. The summed E-state index contributed by atoms with van der Waals surface area (Å²) in [6.07, 6.45) is 3.08. The molecule has 1 heterocycles. The van der Waals surface area contributed by atoms with E-state index in [2.05, 4.69) is 32.9 Å². The Morgan fingerprint density at radius 2 is 1.94 bits per heavy atom. The SMILES string of the molecule is Cc1cc(C)c(CC(O)C2CCCS2)c(C)c1. The molecule has 1 aliphatic rings. The van der Waals surface area contributed by atoms with Crippen molar-refractivity contribution in [3.05, 3.63) is 34.4 Å². The summed E-state index contributed by atoms with van der Waals surface area (Å²) < 4.78 is 0. The van der Waals surface area contributed by atoms with Crippen LogP contribution >= 0.6 is 11.8 Å². The van der Waals surface area contributed by atoms with E-state index in [-0.39, 0.29) is 6.10 Å². The standard InChI is InChI=1S/C15H22OS/c1-10-7-11(2)13(12(3)8-10)9-14(16)15-5-4-6-17-15/h7-8,14-16H,4-6,9H2,1-3H3. The molecule has 2 heteroatoms. The molecule has 0 spiro atoms. The fourth-order valence-electron chi connectivity index (χ4n) is 2.78. The lowest BCUT2D eigenvalue weighted by atomic mass is 9.94. The topological polar surface area (TPSA) is 20.2 Å². The molecule has 1 nitrogen and oxygen atoms in total. The maximum atomic E-state index is 10.3. The van der Waals surface area contributed by atoms with Crippen LogP contribution in [0, 0.1) is 20.8 Å². The van der Waals surface area contributed by atoms with Gasteiger partial charge in [-0.3, -0.25) is 0 Å². The fraction of sp³-hybridized carbons (Fsp3) is 0.600. The molecule has 0 saturated carbocycles. The van der Waals surface area contributed by atoms with Crippen LogP contribution in [0.15, 0.2) is 12.1 Å². The minimum atomic E-state index is -0.178. The molecule has 0 amide bonds. The average molecular weight is 250 g/mol. The van der Waals surface area contributed by atoms with Crippen molar-refractivity contribution in [3.8, 4) is 0 Å². The van der Waals surface area contributed by atoms with Gasteiger partial charge in [0.2, 0.25) is 0 Å². The molecule has 2 rings (SSSR count). The normalized spacial score (nSPS) is 21.8. The molecule has 0 aliphatic carbocycles. The Morgan fingerprint density at radius 3 is 2.47 bits per heavy atom. The van der Waals surface area contributed by atoms with Gasteiger partial charge in [0.1, 0.15) is 0 Å². The number of hydrogen-bond acceptors (Lipinski definition) is 2. The van der Waals surface area contributed by atoms with Gasteiger partial charge in [-0.15, -0.1) is 0 Å².